The number of β-amino-alcohol motifs (C(OH)–C–C–N with tert-alkyl or cyclic N) is 1. The van der Waals surface area contributed by atoms with Gasteiger partial charge in [-0.05, 0) is 13.3 Å². The molecule has 0 saturated carbocycles. The lowest BCUT2D eigenvalue weighted by Gasteiger charge is -2.27. The van der Waals surface area contributed by atoms with Crippen molar-refractivity contribution in [2.75, 3.05) is 19.6 Å². The molecule has 0 radical (unpaired) electrons. The molecule has 2 saturated heterocycles. The summed E-state index contributed by atoms with van der Waals surface area (Å²) in [7, 11) is 0. The van der Waals surface area contributed by atoms with Crippen LogP contribution in [-0.2, 0) is 0 Å². The third-order valence-electron chi connectivity index (χ3n) is 2.67. The van der Waals surface area contributed by atoms with Crippen LogP contribution in [0.1, 0.15) is 13.3 Å². The van der Waals surface area contributed by atoms with Crippen LogP contribution in [0.5, 0.6) is 0 Å². The molecule has 0 aromatic carbocycles. The lowest BCUT2D eigenvalue weighted by Crippen LogP contribution is -2.45. The van der Waals surface area contributed by atoms with Crippen molar-refractivity contribution in [2.24, 2.45) is 0 Å². The minimum Gasteiger partial charge on any atom is -0.392 e. The second-order valence-electron chi connectivity index (χ2n) is 3.80. The van der Waals surface area contributed by atoms with Gasteiger partial charge in [0.2, 0.25) is 0 Å². The first-order valence-electron chi connectivity index (χ1n) is 4.41. The van der Waals surface area contributed by atoms with E-state index in [-0.39, 0.29) is 6.10 Å². The smallest absolute Gasteiger partial charge is 0.0639 e. The highest BCUT2D eigenvalue weighted by Gasteiger charge is 2.37. The number of nitrogens with one attached hydrogen (secondary N) is 1. The van der Waals surface area contributed by atoms with Gasteiger partial charge in [-0.3, -0.25) is 4.90 Å². The van der Waals surface area contributed by atoms with E-state index < -0.39 is 0 Å². The molecule has 2 aliphatic rings. The van der Waals surface area contributed by atoms with E-state index >= 15 is 0 Å². The van der Waals surface area contributed by atoms with Gasteiger partial charge in [-0.25, -0.2) is 0 Å². The van der Waals surface area contributed by atoms with Crippen molar-refractivity contribution < 1.29 is 5.11 Å². The van der Waals surface area contributed by atoms with Gasteiger partial charge in [-0.15, -0.1) is 0 Å². The van der Waals surface area contributed by atoms with Gasteiger partial charge < -0.3 is 10.4 Å². The summed E-state index contributed by atoms with van der Waals surface area (Å²) in [5, 5.41) is 12.6. The number of aliphatic hydroxyl groups is 1. The summed E-state index contributed by atoms with van der Waals surface area (Å²) in [6.07, 6.45) is 1.11. The summed E-state index contributed by atoms with van der Waals surface area (Å²) < 4.78 is 0. The SMILES string of the molecule is CC(O)CN1CC2CC1CN2. The molecular formula is C8H16N2O. The Labute approximate surface area is 67.4 Å². The molecule has 0 aliphatic carbocycles. The average Bonchev–Trinajstić information content (AvgIpc) is 2.45. The summed E-state index contributed by atoms with van der Waals surface area (Å²) in [4.78, 5) is 2.39. The largest absolute Gasteiger partial charge is 0.392 e. The topological polar surface area (TPSA) is 35.5 Å². The van der Waals surface area contributed by atoms with Gasteiger partial charge in [0.25, 0.3) is 0 Å². The van der Waals surface area contributed by atoms with Gasteiger partial charge in [0, 0.05) is 31.7 Å². The highest BCUT2D eigenvalue weighted by molar-refractivity contribution is 4.97. The summed E-state index contributed by atoms with van der Waals surface area (Å²) in [5.74, 6) is 0. The highest BCUT2D eigenvalue weighted by Crippen LogP contribution is 2.22. The Morgan fingerprint density at radius 3 is 3.00 bits per heavy atom. The Kier molecular flexibility index (Phi) is 1.87. The molecule has 0 aromatic rings. The molecule has 3 nitrogen and oxygen atoms in total. The molecular weight excluding hydrogens is 140 g/mol. The maximum Gasteiger partial charge on any atom is 0.0639 e. The molecule has 3 unspecified atom stereocenters. The van der Waals surface area contributed by atoms with Crippen molar-refractivity contribution in [3.63, 3.8) is 0 Å². The van der Waals surface area contributed by atoms with Crippen molar-refractivity contribution in [3.05, 3.63) is 0 Å². The van der Waals surface area contributed by atoms with Gasteiger partial charge in [0.1, 0.15) is 0 Å². The third kappa shape index (κ3) is 1.41. The van der Waals surface area contributed by atoms with Gasteiger partial charge in [0.15, 0.2) is 0 Å². The second kappa shape index (κ2) is 2.73. The molecule has 2 aliphatic heterocycles. The zero-order chi connectivity index (χ0) is 7.84. The molecule has 0 aromatic heterocycles. The van der Waals surface area contributed by atoms with Crippen molar-refractivity contribution >= 4 is 0 Å². The molecule has 2 bridgehead atoms. The Balaban J connectivity index is 1.87. The first-order valence-corrected chi connectivity index (χ1v) is 4.41. The van der Waals surface area contributed by atoms with E-state index in [9.17, 15) is 5.11 Å². The minimum atomic E-state index is -0.172. The molecule has 2 N–H and O–H groups in total. The van der Waals surface area contributed by atoms with Crippen molar-refractivity contribution in [3.8, 4) is 0 Å². The number of aliphatic hydroxyl groups excluding tert-OH is 1. The van der Waals surface area contributed by atoms with E-state index in [1.165, 1.54) is 6.42 Å². The van der Waals surface area contributed by atoms with Crippen LogP contribution in [0.3, 0.4) is 0 Å². The van der Waals surface area contributed by atoms with Crippen LogP contribution < -0.4 is 5.32 Å². The molecule has 11 heavy (non-hydrogen) atoms. The van der Waals surface area contributed by atoms with Gasteiger partial charge in [0.05, 0.1) is 6.10 Å². The average molecular weight is 156 g/mol. The van der Waals surface area contributed by atoms with Crippen molar-refractivity contribution in [1.82, 2.24) is 10.2 Å². The molecule has 3 atom stereocenters. The third-order valence-corrected chi connectivity index (χ3v) is 2.67. The number of fused-ring (bicyclic) bond motifs is 2. The maximum absolute atomic E-state index is 9.18. The lowest BCUT2D eigenvalue weighted by molar-refractivity contribution is 0.111. The second-order valence-corrected chi connectivity index (χ2v) is 3.80. The maximum atomic E-state index is 9.18. The standard InChI is InChI=1S/C8H16N2O/c1-6(11)4-10-5-7-2-8(10)3-9-7/h6-9,11H,2-5H2,1H3. The molecule has 2 fully saturated rings. The van der Waals surface area contributed by atoms with Crippen LogP contribution in [0.15, 0.2) is 0 Å². The Morgan fingerprint density at radius 2 is 2.55 bits per heavy atom. The summed E-state index contributed by atoms with van der Waals surface area (Å²) in [6.45, 7) is 4.97. The first kappa shape index (κ1) is 7.53. The predicted molar refractivity (Wildman–Crippen MR) is 43.4 cm³/mol. The molecule has 3 heteroatoms. The molecule has 2 heterocycles. The number of piperazine rings is 1. The van der Waals surface area contributed by atoms with Crippen LogP contribution in [0.4, 0.5) is 0 Å². The van der Waals surface area contributed by atoms with E-state index in [2.05, 4.69) is 10.2 Å². The molecule has 0 spiro atoms. The summed E-state index contributed by atoms with van der Waals surface area (Å²) in [5.41, 5.74) is 0. The van der Waals surface area contributed by atoms with E-state index in [0.717, 1.165) is 19.6 Å². The number of rotatable bonds is 2. The Bertz CT molecular complexity index is 149. The monoisotopic (exact) mass is 156 g/mol. The van der Waals surface area contributed by atoms with Crippen LogP contribution in [0.25, 0.3) is 0 Å². The van der Waals surface area contributed by atoms with E-state index in [1.54, 1.807) is 0 Å². The van der Waals surface area contributed by atoms with Gasteiger partial charge >= 0.3 is 0 Å². The van der Waals surface area contributed by atoms with E-state index in [0.29, 0.717) is 12.1 Å². The Morgan fingerprint density at radius 1 is 1.73 bits per heavy atom. The zero-order valence-corrected chi connectivity index (χ0v) is 6.95. The van der Waals surface area contributed by atoms with Crippen LogP contribution in [0, 0.1) is 0 Å². The van der Waals surface area contributed by atoms with Crippen LogP contribution in [0.2, 0.25) is 0 Å². The number of nitrogens with zero attached hydrogens (tertiary/aromatic N) is 1. The number of hydrogen-bond donors (Lipinski definition) is 2. The fourth-order valence-electron chi connectivity index (χ4n) is 2.21. The van der Waals surface area contributed by atoms with E-state index in [1.807, 2.05) is 6.92 Å². The van der Waals surface area contributed by atoms with Crippen LogP contribution >= 0.6 is 0 Å². The zero-order valence-electron chi connectivity index (χ0n) is 6.95. The first-order chi connectivity index (χ1) is 5.25. The van der Waals surface area contributed by atoms with E-state index in [4.69, 9.17) is 0 Å². The fraction of sp³-hybridized carbons (Fsp3) is 1.00. The van der Waals surface area contributed by atoms with Crippen LogP contribution in [-0.4, -0.2) is 47.8 Å². The number of likely N-dealkylation sites (tertiary alicyclic amines) is 1. The summed E-state index contributed by atoms with van der Waals surface area (Å²) >= 11 is 0. The normalized spacial score (nSPS) is 39.8. The quantitative estimate of drug-likeness (QED) is 0.561. The minimum absolute atomic E-state index is 0.172. The van der Waals surface area contributed by atoms with Gasteiger partial charge in [-0.1, -0.05) is 0 Å². The molecule has 0 amide bonds. The Hall–Kier alpha value is -0.120. The number of hydrogen-bond acceptors (Lipinski definition) is 3. The molecule has 64 valence electrons. The summed E-state index contributed by atoms with van der Waals surface area (Å²) in [6, 6.07) is 1.41. The highest BCUT2D eigenvalue weighted by atomic mass is 16.3. The van der Waals surface area contributed by atoms with Crippen molar-refractivity contribution in [2.45, 2.75) is 31.5 Å². The van der Waals surface area contributed by atoms with Gasteiger partial charge in [-0.2, -0.15) is 0 Å². The lowest BCUT2D eigenvalue weighted by atomic mass is 10.2. The molecule has 2 rings (SSSR count). The predicted octanol–water partition coefficient (Wildman–Crippen LogP) is -0.587. The fourth-order valence-corrected chi connectivity index (χ4v) is 2.21. The van der Waals surface area contributed by atoms with Crippen molar-refractivity contribution in [1.29, 1.82) is 0 Å².